The Bertz CT molecular complexity index is 1180. The van der Waals surface area contributed by atoms with E-state index in [-0.39, 0.29) is 37.7 Å². The van der Waals surface area contributed by atoms with Gasteiger partial charge in [0.25, 0.3) is 17.7 Å². The number of likely N-dealkylation sites (tertiary alicyclic amines) is 1. The first kappa shape index (κ1) is 20.9. The highest BCUT2D eigenvalue weighted by atomic mass is 32.2. The third-order valence-electron chi connectivity index (χ3n) is 5.97. The van der Waals surface area contributed by atoms with Crippen molar-refractivity contribution >= 4 is 34.6 Å². The molecule has 0 atom stereocenters. The number of thioether (sulfide) groups is 1. The summed E-state index contributed by atoms with van der Waals surface area (Å²) in [6.45, 7) is 0.843. The van der Waals surface area contributed by atoms with Gasteiger partial charge in [0, 0.05) is 67.3 Å². The number of hydrogen-bond donors (Lipinski definition) is 0. The van der Waals surface area contributed by atoms with Crippen molar-refractivity contribution in [2.45, 2.75) is 18.8 Å². The minimum absolute atomic E-state index is 0.0151. The van der Waals surface area contributed by atoms with Crippen molar-refractivity contribution in [3.8, 4) is 5.69 Å². The number of aromatic nitrogens is 2. The second-order valence-corrected chi connectivity index (χ2v) is 9.20. The largest absolute Gasteiger partial charge is 0.338 e. The van der Waals surface area contributed by atoms with Crippen LogP contribution in [-0.2, 0) is 0 Å². The van der Waals surface area contributed by atoms with Crippen LogP contribution in [0.4, 0.5) is 8.78 Å². The molecule has 5 rings (SSSR count). The Morgan fingerprint density at radius 2 is 1.75 bits per heavy atom. The summed E-state index contributed by atoms with van der Waals surface area (Å²) < 4.78 is 28.7. The summed E-state index contributed by atoms with van der Waals surface area (Å²) >= 11 is 1.74. The molecule has 2 saturated heterocycles. The van der Waals surface area contributed by atoms with Crippen molar-refractivity contribution < 1.29 is 18.4 Å². The number of halogens is 2. The van der Waals surface area contributed by atoms with Gasteiger partial charge in [-0.2, -0.15) is 0 Å². The smallest absolute Gasteiger partial charge is 0.255 e. The Hall–Kier alpha value is -2.94. The van der Waals surface area contributed by atoms with Crippen molar-refractivity contribution in [2.24, 2.45) is 0 Å². The lowest BCUT2D eigenvalue weighted by atomic mass is 10.1. The molecule has 0 unspecified atom stereocenters. The fourth-order valence-corrected chi connectivity index (χ4v) is 5.06. The van der Waals surface area contributed by atoms with E-state index in [1.165, 1.54) is 11.1 Å². The molecule has 32 heavy (non-hydrogen) atoms. The van der Waals surface area contributed by atoms with Crippen molar-refractivity contribution in [1.82, 2.24) is 19.4 Å². The summed E-state index contributed by atoms with van der Waals surface area (Å²) in [5.41, 5.74) is 2.48. The predicted molar refractivity (Wildman–Crippen MR) is 120 cm³/mol. The van der Waals surface area contributed by atoms with E-state index >= 15 is 0 Å². The average Bonchev–Trinajstić information content (AvgIpc) is 3.48. The number of fused-ring (bicyclic) bond motifs is 1. The number of benzene rings is 1. The third-order valence-corrected chi connectivity index (χ3v) is 6.93. The van der Waals surface area contributed by atoms with Gasteiger partial charge in [-0.1, -0.05) is 6.07 Å². The van der Waals surface area contributed by atoms with E-state index in [4.69, 9.17) is 0 Å². The molecule has 1 aromatic carbocycles. The fourth-order valence-electron chi connectivity index (χ4n) is 4.11. The molecule has 2 aliphatic rings. The Kier molecular flexibility index (Phi) is 5.36. The first-order valence-electron chi connectivity index (χ1n) is 10.5. The zero-order chi connectivity index (χ0) is 22.3. The van der Waals surface area contributed by atoms with Crippen molar-refractivity contribution in [1.29, 1.82) is 0 Å². The number of pyridine rings is 1. The van der Waals surface area contributed by atoms with Crippen LogP contribution in [0.15, 0.2) is 48.8 Å². The summed E-state index contributed by atoms with van der Waals surface area (Å²) in [5.74, 6) is -1.29. The lowest BCUT2D eigenvalue weighted by Crippen LogP contribution is -2.42. The average molecular weight is 457 g/mol. The molecule has 9 heteroatoms. The molecule has 2 fully saturated rings. The van der Waals surface area contributed by atoms with E-state index in [1.807, 2.05) is 46.0 Å². The molecule has 2 aliphatic heterocycles. The van der Waals surface area contributed by atoms with Gasteiger partial charge >= 0.3 is 0 Å². The molecule has 0 radical (unpaired) electrons. The molecule has 0 saturated carbocycles. The Morgan fingerprint density at radius 3 is 2.50 bits per heavy atom. The predicted octanol–water partition coefficient (Wildman–Crippen LogP) is 4.04. The number of piperidine rings is 1. The molecule has 0 bridgehead atoms. The Morgan fingerprint density at radius 1 is 0.969 bits per heavy atom. The van der Waals surface area contributed by atoms with Gasteiger partial charge in [-0.25, -0.2) is 13.8 Å². The van der Waals surface area contributed by atoms with Crippen LogP contribution >= 0.6 is 11.8 Å². The summed E-state index contributed by atoms with van der Waals surface area (Å²) in [4.78, 5) is 33.3. The molecular formula is C23H22F2N4O2S. The topological polar surface area (TPSA) is 58.4 Å². The first-order valence-corrected chi connectivity index (χ1v) is 11.7. The maximum absolute atomic E-state index is 13.4. The van der Waals surface area contributed by atoms with E-state index in [1.54, 1.807) is 17.8 Å². The molecule has 2 aromatic heterocycles. The van der Waals surface area contributed by atoms with E-state index < -0.39 is 5.92 Å². The second-order valence-electron chi connectivity index (χ2n) is 8.13. The Labute approximate surface area is 188 Å². The number of hydrogen-bond acceptors (Lipinski definition) is 4. The van der Waals surface area contributed by atoms with Gasteiger partial charge < -0.3 is 14.4 Å². The molecule has 2 amide bonds. The Balaban J connectivity index is 1.39. The maximum atomic E-state index is 13.4. The van der Waals surface area contributed by atoms with Gasteiger partial charge in [-0.3, -0.25) is 9.59 Å². The maximum Gasteiger partial charge on any atom is 0.255 e. The second kappa shape index (κ2) is 8.20. The summed E-state index contributed by atoms with van der Waals surface area (Å²) in [5, 5.41) is 0.769. The highest BCUT2D eigenvalue weighted by Gasteiger charge is 2.35. The lowest BCUT2D eigenvalue weighted by molar-refractivity contribution is -0.0494. The van der Waals surface area contributed by atoms with Crippen LogP contribution in [0, 0.1) is 0 Å². The van der Waals surface area contributed by atoms with Crippen LogP contribution in [0.25, 0.3) is 16.7 Å². The van der Waals surface area contributed by atoms with Crippen LogP contribution < -0.4 is 0 Å². The third kappa shape index (κ3) is 3.97. The zero-order valence-electron chi connectivity index (χ0n) is 17.3. The number of carbonyl (C=O) groups is 2. The fraction of sp³-hybridized carbons (Fsp3) is 0.348. The van der Waals surface area contributed by atoms with Crippen LogP contribution in [-0.4, -0.2) is 68.4 Å². The number of carbonyl (C=O) groups excluding carboxylic acids is 2. The van der Waals surface area contributed by atoms with Crippen LogP contribution in [0.5, 0.6) is 0 Å². The number of nitrogens with zero attached hydrogens (tertiary/aromatic N) is 4. The molecule has 6 nitrogen and oxygen atoms in total. The van der Waals surface area contributed by atoms with Gasteiger partial charge in [0.15, 0.2) is 0 Å². The van der Waals surface area contributed by atoms with Gasteiger partial charge in [0.05, 0.1) is 11.4 Å². The highest BCUT2D eigenvalue weighted by Crippen LogP contribution is 2.29. The molecule has 166 valence electrons. The molecular weight excluding hydrogens is 434 g/mol. The monoisotopic (exact) mass is 456 g/mol. The van der Waals surface area contributed by atoms with E-state index in [0.29, 0.717) is 22.7 Å². The molecule has 3 aromatic rings. The SMILES string of the molecule is O=C(c1cnc2c(ccn2-c2cccc(C(=O)N3CCSC3)c2)c1)N1CCC(F)(F)CC1. The van der Waals surface area contributed by atoms with Gasteiger partial charge in [-0.15, -0.1) is 11.8 Å². The molecule has 0 spiro atoms. The summed E-state index contributed by atoms with van der Waals surface area (Å²) in [7, 11) is 0. The first-order chi connectivity index (χ1) is 15.4. The van der Waals surface area contributed by atoms with Gasteiger partial charge in [0.2, 0.25) is 0 Å². The van der Waals surface area contributed by atoms with Crippen molar-refractivity contribution in [3.05, 3.63) is 59.9 Å². The van der Waals surface area contributed by atoms with Gasteiger partial charge in [0.1, 0.15) is 5.65 Å². The van der Waals surface area contributed by atoms with Gasteiger partial charge in [-0.05, 0) is 30.3 Å². The standard InChI is InChI=1S/C23H22F2N4O2S/c24-23(25)5-8-27(9-6-23)22(31)18-12-16-4-7-29(20(16)26-14-18)19-3-1-2-17(13-19)21(30)28-10-11-32-15-28/h1-4,7,12-14H,5-6,8-11,15H2. The minimum Gasteiger partial charge on any atom is -0.338 e. The normalized spacial score (nSPS) is 18.3. The van der Waals surface area contributed by atoms with E-state index in [9.17, 15) is 18.4 Å². The molecule has 4 heterocycles. The van der Waals surface area contributed by atoms with Crippen LogP contribution in [0.1, 0.15) is 33.6 Å². The number of rotatable bonds is 3. The lowest BCUT2D eigenvalue weighted by Gasteiger charge is -2.31. The van der Waals surface area contributed by atoms with Crippen LogP contribution in [0.2, 0.25) is 0 Å². The van der Waals surface area contributed by atoms with Crippen molar-refractivity contribution in [2.75, 3.05) is 31.3 Å². The number of alkyl halides is 2. The summed E-state index contributed by atoms with van der Waals surface area (Å²) in [6.07, 6.45) is 2.72. The summed E-state index contributed by atoms with van der Waals surface area (Å²) in [6, 6.07) is 11.0. The highest BCUT2D eigenvalue weighted by molar-refractivity contribution is 7.99. The quantitative estimate of drug-likeness (QED) is 0.597. The van der Waals surface area contributed by atoms with E-state index in [0.717, 1.165) is 23.4 Å². The van der Waals surface area contributed by atoms with Crippen LogP contribution in [0.3, 0.4) is 0 Å². The molecule has 0 N–H and O–H groups in total. The number of amides is 2. The minimum atomic E-state index is -2.69. The molecule has 0 aliphatic carbocycles. The van der Waals surface area contributed by atoms with E-state index in [2.05, 4.69) is 4.98 Å². The zero-order valence-corrected chi connectivity index (χ0v) is 18.2. The van der Waals surface area contributed by atoms with Crippen molar-refractivity contribution in [3.63, 3.8) is 0 Å².